The minimum atomic E-state index is -3.62. The van der Waals surface area contributed by atoms with Crippen molar-refractivity contribution in [2.75, 3.05) is 5.75 Å². The predicted molar refractivity (Wildman–Crippen MR) is 70.0 cm³/mol. The molecule has 0 aromatic heterocycles. The molecule has 1 aromatic rings. The van der Waals surface area contributed by atoms with Crippen LogP contribution in [0.4, 0.5) is 0 Å². The largest absolute Gasteiger partial charge is 0.478 e. The number of hydrogen-bond acceptors (Lipinski definition) is 3. The normalized spacial score (nSPS) is 11.3. The van der Waals surface area contributed by atoms with Crippen LogP contribution in [0.3, 0.4) is 0 Å². The van der Waals surface area contributed by atoms with Gasteiger partial charge in [-0.2, -0.15) is 0 Å². The Balaban J connectivity index is 3.51. The van der Waals surface area contributed by atoms with Gasteiger partial charge in [-0.25, -0.2) is 13.2 Å². The highest BCUT2D eigenvalue weighted by Gasteiger charge is 2.22. The van der Waals surface area contributed by atoms with E-state index in [1.807, 2.05) is 0 Å². The third-order valence-electron chi connectivity index (χ3n) is 2.33. The minimum absolute atomic E-state index is 0.0598. The number of carboxylic acids is 1. The fourth-order valence-electron chi connectivity index (χ4n) is 1.60. The molecule has 1 aromatic carbocycles. The highest BCUT2D eigenvalue weighted by molar-refractivity contribution is 7.91. The van der Waals surface area contributed by atoms with Crippen LogP contribution in [0.1, 0.15) is 22.8 Å². The van der Waals surface area contributed by atoms with Crippen molar-refractivity contribution in [3.05, 3.63) is 40.4 Å². The lowest BCUT2D eigenvalue weighted by atomic mass is 10.1. The number of aromatic carboxylic acids is 1. The van der Waals surface area contributed by atoms with Crippen molar-refractivity contribution in [1.29, 1.82) is 0 Å². The van der Waals surface area contributed by atoms with E-state index in [9.17, 15) is 13.2 Å². The van der Waals surface area contributed by atoms with Crippen molar-refractivity contribution < 1.29 is 18.3 Å². The summed E-state index contributed by atoms with van der Waals surface area (Å²) in [6.45, 7) is 6.59. The highest BCUT2D eigenvalue weighted by Crippen LogP contribution is 2.26. The lowest BCUT2D eigenvalue weighted by molar-refractivity contribution is 0.0696. The second-order valence-corrected chi connectivity index (χ2v) is 6.49. The highest BCUT2D eigenvalue weighted by atomic mass is 35.5. The number of carbonyl (C=O) groups is 1. The summed E-state index contributed by atoms with van der Waals surface area (Å²) in [7, 11) is -3.62. The van der Waals surface area contributed by atoms with Gasteiger partial charge in [0.15, 0.2) is 9.84 Å². The topological polar surface area (TPSA) is 71.4 Å². The van der Waals surface area contributed by atoms with E-state index in [0.29, 0.717) is 5.57 Å². The number of rotatable bonds is 4. The summed E-state index contributed by atoms with van der Waals surface area (Å²) >= 11 is 5.76. The average Bonchev–Trinajstić information content (AvgIpc) is 2.18. The Hall–Kier alpha value is -1.33. The summed E-state index contributed by atoms with van der Waals surface area (Å²) in [5, 5.41) is 9.07. The van der Waals surface area contributed by atoms with Gasteiger partial charge in [0.05, 0.1) is 16.2 Å². The second kappa shape index (κ2) is 5.12. The van der Waals surface area contributed by atoms with Crippen LogP contribution in [0.2, 0.25) is 5.02 Å². The standard InChI is InChI=1S/C12H13ClO4S/c1-7(2)6-18(16,17)11-5-9(13)4-10(8(11)3)12(14)15/h4-5H,1,6H2,2-3H3,(H,14,15). The van der Waals surface area contributed by atoms with E-state index in [1.54, 1.807) is 6.92 Å². The summed E-state index contributed by atoms with van der Waals surface area (Å²) in [5.41, 5.74) is 0.558. The Morgan fingerprint density at radius 2 is 2.00 bits per heavy atom. The Kier molecular flexibility index (Phi) is 4.19. The maximum atomic E-state index is 12.1. The van der Waals surface area contributed by atoms with Gasteiger partial charge in [0.25, 0.3) is 0 Å². The van der Waals surface area contributed by atoms with Gasteiger partial charge in [0.1, 0.15) is 0 Å². The third-order valence-corrected chi connectivity index (χ3v) is 4.51. The molecule has 0 saturated heterocycles. The summed E-state index contributed by atoms with van der Waals surface area (Å²) in [6.07, 6.45) is 0. The molecule has 0 amide bonds. The lowest BCUT2D eigenvalue weighted by Crippen LogP contribution is -2.12. The Morgan fingerprint density at radius 1 is 1.44 bits per heavy atom. The molecular formula is C12H13ClO4S. The Labute approximate surface area is 111 Å². The molecule has 0 spiro atoms. The molecule has 1 N–H and O–H groups in total. The number of carboxylic acid groups (broad SMARTS) is 1. The molecule has 0 fully saturated rings. The quantitative estimate of drug-likeness (QED) is 0.865. The molecule has 0 saturated carbocycles. The summed E-state index contributed by atoms with van der Waals surface area (Å²) < 4.78 is 24.2. The van der Waals surface area contributed by atoms with Crippen LogP contribution in [0.15, 0.2) is 29.2 Å². The van der Waals surface area contributed by atoms with Crippen LogP contribution >= 0.6 is 11.6 Å². The monoisotopic (exact) mass is 288 g/mol. The molecular weight excluding hydrogens is 276 g/mol. The number of benzene rings is 1. The van der Waals surface area contributed by atoms with Gasteiger partial charge >= 0.3 is 5.97 Å². The number of halogens is 1. The molecule has 0 atom stereocenters. The molecule has 0 aliphatic heterocycles. The smallest absolute Gasteiger partial charge is 0.336 e. The van der Waals surface area contributed by atoms with Gasteiger partial charge in [-0.3, -0.25) is 0 Å². The van der Waals surface area contributed by atoms with E-state index in [1.165, 1.54) is 19.1 Å². The van der Waals surface area contributed by atoms with Gasteiger partial charge in [-0.05, 0) is 31.5 Å². The van der Waals surface area contributed by atoms with E-state index in [-0.39, 0.29) is 26.8 Å². The zero-order valence-electron chi connectivity index (χ0n) is 10.0. The van der Waals surface area contributed by atoms with Crippen LogP contribution in [0.5, 0.6) is 0 Å². The molecule has 4 nitrogen and oxygen atoms in total. The van der Waals surface area contributed by atoms with Gasteiger partial charge in [-0.15, -0.1) is 0 Å². The summed E-state index contributed by atoms with van der Waals surface area (Å²) in [4.78, 5) is 10.9. The zero-order chi connectivity index (χ0) is 14.1. The van der Waals surface area contributed by atoms with Gasteiger partial charge < -0.3 is 5.11 Å². The first-order chi connectivity index (χ1) is 8.15. The fourth-order valence-corrected chi connectivity index (χ4v) is 3.57. The molecule has 0 aliphatic rings. The molecule has 6 heteroatoms. The van der Waals surface area contributed by atoms with Crippen molar-refractivity contribution in [1.82, 2.24) is 0 Å². The molecule has 0 unspecified atom stereocenters. The fraction of sp³-hybridized carbons (Fsp3) is 0.250. The summed E-state index contributed by atoms with van der Waals surface area (Å²) in [5.74, 6) is -1.44. The molecule has 0 radical (unpaired) electrons. The van der Waals surface area contributed by atoms with E-state index in [4.69, 9.17) is 16.7 Å². The van der Waals surface area contributed by atoms with Crippen LogP contribution in [0, 0.1) is 6.92 Å². The molecule has 0 heterocycles. The molecule has 1 rings (SSSR count). The zero-order valence-corrected chi connectivity index (χ0v) is 11.6. The molecule has 0 aliphatic carbocycles. The SMILES string of the molecule is C=C(C)CS(=O)(=O)c1cc(Cl)cc(C(=O)O)c1C. The van der Waals surface area contributed by atoms with Gasteiger partial charge in [-0.1, -0.05) is 23.8 Å². The van der Waals surface area contributed by atoms with Crippen molar-refractivity contribution in [3.63, 3.8) is 0 Å². The number of sulfone groups is 1. The summed E-state index contributed by atoms with van der Waals surface area (Å²) in [6, 6.07) is 2.50. The maximum absolute atomic E-state index is 12.1. The lowest BCUT2D eigenvalue weighted by Gasteiger charge is -2.10. The van der Waals surface area contributed by atoms with Gasteiger partial charge in [0, 0.05) is 5.02 Å². The minimum Gasteiger partial charge on any atom is -0.478 e. The molecule has 18 heavy (non-hydrogen) atoms. The first kappa shape index (κ1) is 14.7. The van der Waals surface area contributed by atoms with Crippen LogP contribution in [-0.4, -0.2) is 25.2 Å². The van der Waals surface area contributed by atoms with E-state index in [2.05, 4.69) is 6.58 Å². The van der Waals surface area contributed by atoms with E-state index >= 15 is 0 Å². The Bertz CT molecular complexity index is 617. The van der Waals surface area contributed by atoms with Crippen molar-refractivity contribution in [3.8, 4) is 0 Å². The van der Waals surface area contributed by atoms with Crippen molar-refractivity contribution >= 4 is 27.4 Å². The first-order valence-corrected chi connectivity index (χ1v) is 7.08. The molecule has 98 valence electrons. The third kappa shape index (κ3) is 3.11. The van der Waals surface area contributed by atoms with E-state index < -0.39 is 15.8 Å². The first-order valence-electron chi connectivity index (χ1n) is 5.05. The maximum Gasteiger partial charge on any atom is 0.336 e. The Morgan fingerprint density at radius 3 is 2.44 bits per heavy atom. The van der Waals surface area contributed by atoms with E-state index in [0.717, 1.165) is 0 Å². The van der Waals surface area contributed by atoms with Crippen LogP contribution in [0.25, 0.3) is 0 Å². The number of hydrogen-bond donors (Lipinski definition) is 1. The average molecular weight is 289 g/mol. The predicted octanol–water partition coefficient (Wildman–Crippen LogP) is 2.70. The van der Waals surface area contributed by atoms with Gasteiger partial charge in [0.2, 0.25) is 0 Å². The molecule has 0 bridgehead atoms. The van der Waals surface area contributed by atoms with Crippen molar-refractivity contribution in [2.45, 2.75) is 18.7 Å². The second-order valence-electron chi connectivity index (χ2n) is 4.10. The van der Waals surface area contributed by atoms with Crippen LogP contribution in [-0.2, 0) is 9.84 Å². The van der Waals surface area contributed by atoms with Crippen molar-refractivity contribution in [2.24, 2.45) is 0 Å². The van der Waals surface area contributed by atoms with Crippen LogP contribution < -0.4 is 0 Å².